The maximum atomic E-state index is 12.0. The zero-order valence-corrected chi connectivity index (χ0v) is 16.5. The Morgan fingerprint density at radius 1 is 0.964 bits per heavy atom. The molecule has 1 saturated heterocycles. The number of benzene rings is 2. The fraction of sp³-hybridized carbons (Fsp3) is 0.409. The van der Waals surface area contributed by atoms with Crippen molar-refractivity contribution in [1.29, 1.82) is 0 Å². The van der Waals surface area contributed by atoms with Gasteiger partial charge in [-0.25, -0.2) is 0 Å². The van der Waals surface area contributed by atoms with Gasteiger partial charge in [0.1, 0.15) is 0 Å². The number of rotatable bonds is 9. The van der Waals surface area contributed by atoms with Crippen LogP contribution in [0, 0.1) is 0 Å². The molecular weight excluding hydrogens is 354 g/mol. The standard InChI is InChI=1S/C22H29N3O3/c1-27-20-10-5-6-11-21(20)28-18-22(26)23-12-7-13-24-14-16-25(17-15-24)19-8-3-2-4-9-19/h2-6,8-11H,7,12-18H2,1H3,(H,23,26). The topological polar surface area (TPSA) is 54.0 Å². The number of methoxy groups -OCH3 is 1. The number of carbonyl (C=O) groups is 1. The van der Waals surface area contributed by atoms with E-state index in [0.29, 0.717) is 18.0 Å². The second kappa shape index (κ2) is 10.6. The van der Waals surface area contributed by atoms with Crippen molar-refractivity contribution in [1.82, 2.24) is 10.2 Å². The SMILES string of the molecule is COc1ccccc1OCC(=O)NCCCN1CCN(c2ccccc2)CC1. The normalized spacial score (nSPS) is 14.5. The van der Waals surface area contributed by atoms with Gasteiger partial charge in [0, 0.05) is 38.4 Å². The summed E-state index contributed by atoms with van der Waals surface area (Å²) in [5.41, 5.74) is 1.30. The molecule has 6 heteroatoms. The second-order valence-corrected chi connectivity index (χ2v) is 6.81. The second-order valence-electron chi connectivity index (χ2n) is 6.81. The van der Waals surface area contributed by atoms with Crippen LogP contribution in [-0.4, -0.2) is 63.8 Å². The lowest BCUT2D eigenvalue weighted by Crippen LogP contribution is -2.47. The highest BCUT2D eigenvalue weighted by atomic mass is 16.5. The number of anilines is 1. The number of carbonyl (C=O) groups excluding carboxylic acids is 1. The van der Waals surface area contributed by atoms with Gasteiger partial charge in [0.2, 0.25) is 0 Å². The maximum absolute atomic E-state index is 12.0. The van der Waals surface area contributed by atoms with Gasteiger partial charge in [0.05, 0.1) is 7.11 Å². The highest BCUT2D eigenvalue weighted by molar-refractivity contribution is 5.77. The van der Waals surface area contributed by atoms with Gasteiger partial charge < -0.3 is 19.7 Å². The van der Waals surface area contributed by atoms with Gasteiger partial charge in [-0.15, -0.1) is 0 Å². The molecule has 0 saturated carbocycles. The summed E-state index contributed by atoms with van der Waals surface area (Å²) in [7, 11) is 1.59. The molecule has 0 aromatic heterocycles. The van der Waals surface area contributed by atoms with Crippen LogP contribution in [0.1, 0.15) is 6.42 Å². The van der Waals surface area contributed by atoms with Crippen LogP contribution in [0.25, 0.3) is 0 Å². The minimum absolute atomic E-state index is 0.00385. The molecule has 150 valence electrons. The predicted octanol–water partition coefficient (Wildman–Crippen LogP) is 2.40. The van der Waals surface area contributed by atoms with E-state index in [2.05, 4.69) is 45.4 Å². The molecule has 0 radical (unpaired) electrons. The Balaban J connectivity index is 1.28. The average molecular weight is 383 g/mol. The summed E-state index contributed by atoms with van der Waals surface area (Å²) in [4.78, 5) is 16.8. The molecule has 0 bridgehead atoms. The lowest BCUT2D eigenvalue weighted by Gasteiger charge is -2.36. The minimum Gasteiger partial charge on any atom is -0.493 e. The molecule has 0 aliphatic carbocycles. The summed E-state index contributed by atoms with van der Waals surface area (Å²) in [6, 6.07) is 17.9. The van der Waals surface area contributed by atoms with E-state index >= 15 is 0 Å². The van der Waals surface area contributed by atoms with Crippen molar-refractivity contribution < 1.29 is 14.3 Å². The zero-order chi connectivity index (χ0) is 19.6. The summed E-state index contributed by atoms with van der Waals surface area (Å²) in [6.07, 6.45) is 0.936. The van der Waals surface area contributed by atoms with E-state index in [9.17, 15) is 4.79 Å². The summed E-state index contributed by atoms with van der Waals surface area (Å²) < 4.78 is 10.8. The third kappa shape index (κ3) is 5.89. The molecule has 1 heterocycles. The van der Waals surface area contributed by atoms with Crippen molar-refractivity contribution in [3.05, 3.63) is 54.6 Å². The Morgan fingerprint density at radius 3 is 2.36 bits per heavy atom. The smallest absolute Gasteiger partial charge is 0.257 e. The van der Waals surface area contributed by atoms with Gasteiger partial charge in [-0.3, -0.25) is 9.69 Å². The summed E-state index contributed by atoms with van der Waals surface area (Å²) in [5, 5.41) is 2.92. The molecule has 3 rings (SSSR count). The molecule has 2 aromatic carbocycles. The average Bonchev–Trinajstić information content (AvgIpc) is 2.76. The third-order valence-corrected chi connectivity index (χ3v) is 4.89. The highest BCUT2D eigenvalue weighted by Crippen LogP contribution is 2.25. The lowest BCUT2D eigenvalue weighted by molar-refractivity contribution is -0.123. The molecule has 6 nitrogen and oxygen atoms in total. The number of hydrogen-bond donors (Lipinski definition) is 1. The van der Waals surface area contributed by atoms with Crippen molar-refractivity contribution in [3.63, 3.8) is 0 Å². The Kier molecular flexibility index (Phi) is 7.55. The largest absolute Gasteiger partial charge is 0.493 e. The Hall–Kier alpha value is -2.73. The van der Waals surface area contributed by atoms with Crippen LogP contribution in [-0.2, 0) is 4.79 Å². The monoisotopic (exact) mass is 383 g/mol. The number of nitrogens with zero attached hydrogens (tertiary/aromatic N) is 2. The predicted molar refractivity (Wildman–Crippen MR) is 111 cm³/mol. The first-order valence-electron chi connectivity index (χ1n) is 9.81. The van der Waals surface area contributed by atoms with Gasteiger partial charge in [0.25, 0.3) is 5.91 Å². The molecule has 0 unspecified atom stereocenters. The Bertz CT molecular complexity index is 731. The van der Waals surface area contributed by atoms with Crippen molar-refractivity contribution >= 4 is 11.6 Å². The first-order chi connectivity index (χ1) is 13.8. The van der Waals surface area contributed by atoms with Gasteiger partial charge in [-0.1, -0.05) is 30.3 Å². The molecule has 1 aliphatic rings. The van der Waals surface area contributed by atoms with Crippen LogP contribution in [0.2, 0.25) is 0 Å². The van der Waals surface area contributed by atoms with E-state index in [0.717, 1.165) is 39.1 Å². The third-order valence-electron chi connectivity index (χ3n) is 4.89. The van der Waals surface area contributed by atoms with E-state index in [1.54, 1.807) is 13.2 Å². The van der Waals surface area contributed by atoms with Crippen LogP contribution in [0.4, 0.5) is 5.69 Å². The molecule has 1 fully saturated rings. The molecule has 1 aliphatic heterocycles. The first kappa shape index (κ1) is 20.0. The zero-order valence-electron chi connectivity index (χ0n) is 16.5. The van der Waals surface area contributed by atoms with Crippen molar-refractivity contribution in [2.45, 2.75) is 6.42 Å². The van der Waals surface area contributed by atoms with Crippen LogP contribution in [0.5, 0.6) is 11.5 Å². The van der Waals surface area contributed by atoms with E-state index in [1.807, 2.05) is 18.2 Å². The molecule has 0 atom stereocenters. The van der Waals surface area contributed by atoms with Crippen LogP contribution in [0.15, 0.2) is 54.6 Å². The van der Waals surface area contributed by atoms with Gasteiger partial charge in [-0.2, -0.15) is 0 Å². The van der Waals surface area contributed by atoms with Gasteiger partial charge in [0.15, 0.2) is 18.1 Å². The molecular formula is C22H29N3O3. The van der Waals surface area contributed by atoms with Crippen LogP contribution in [0.3, 0.4) is 0 Å². The molecule has 1 N–H and O–H groups in total. The van der Waals surface area contributed by atoms with E-state index in [-0.39, 0.29) is 12.5 Å². The minimum atomic E-state index is -0.111. The molecule has 2 aromatic rings. The van der Waals surface area contributed by atoms with Crippen molar-refractivity contribution in [3.8, 4) is 11.5 Å². The van der Waals surface area contributed by atoms with Crippen LogP contribution >= 0.6 is 0 Å². The van der Waals surface area contributed by atoms with Crippen molar-refractivity contribution in [2.75, 3.05) is 57.9 Å². The van der Waals surface area contributed by atoms with E-state index in [4.69, 9.17) is 9.47 Å². The lowest BCUT2D eigenvalue weighted by atomic mass is 10.2. The highest BCUT2D eigenvalue weighted by Gasteiger charge is 2.16. The van der Waals surface area contributed by atoms with Crippen molar-refractivity contribution in [2.24, 2.45) is 0 Å². The van der Waals surface area contributed by atoms with E-state index in [1.165, 1.54) is 5.69 Å². The quantitative estimate of drug-likeness (QED) is 0.674. The summed E-state index contributed by atoms with van der Waals surface area (Å²) in [6.45, 7) is 5.85. The Labute approximate surface area is 167 Å². The van der Waals surface area contributed by atoms with Gasteiger partial charge >= 0.3 is 0 Å². The van der Waals surface area contributed by atoms with Gasteiger partial charge in [-0.05, 0) is 37.2 Å². The summed E-state index contributed by atoms with van der Waals surface area (Å²) >= 11 is 0. The number of piperazine rings is 1. The fourth-order valence-corrected chi connectivity index (χ4v) is 3.33. The van der Waals surface area contributed by atoms with Crippen LogP contribution < -0.4 is 19.7 Å². The molecule has 0 spiro atoms. The summed E-state index contributed by atoms with van der Waals surface area (Å²) in [5.74, 6) is 1.10. The molecule has 1 amide bonds. The number of ether oxygens (including phenoxy) is 2. The molecule has 28 heavy (non-hydrogen) atoms. The van der Waals surface area contributed by atoms with E-state index < -0.39 is 0 Å². The Morgan fingerprint density at radius 2 is 1.64 bits per heavy atom. The fourth-order valence-electron chi connectivity index (χ4n) is 3.33. The number of amides is 1. The number of para-hydroxylation sites is 3. The number of hydrogen-bond acceptors (Lipinski definition) is 5. The first-order valence-corrected chi connectivity index (χ1v) is 9.81. The maximum Gasteiger partial charge on any atom is 0.257 e. The number of nitrogens with one attached hydrogen (secondary N) is 1.